The van der Waals surface area contributed by atoms with Crippen LogP contribution in [0.3, 0.4) is 0 Å². The molecule has 4 nitrogen and oxygen atoms in total. The van der Waals surface area contributed by atoms with Crippen LogP contribution in [0.1, 0.15) is 5.56 Å². The van der Waals surface area contributed by atoms with E-state index in [2.05, 4.69) is 10.2 Å². The highest BCUT2D eigenvalue weighted by Gasteiger charge is 2.14. The monoisotopic (exact) mass is 363 g/mol. The molecule has 0 bridgehead atoms. The molecular weight excluding hydrogens is 349 g/mol. The quantitative estimate of drug-likeness (QED) is 0.622. The first kappa shape index (κ1) is 16.8. The van der Waals surface area contributed by atoms with Gasteiger partial charge in [-0.3, -0.25) is 0 Å². The largest absolute Gasteiger partial charge is 0.494 e. The summed E-state index contributed by atoms with van der Waals surface area (Å²) in [7, 11) is 3.33. The van der Waals surface area contributed by atoms with Crippen LogP contribution in [0.15, 0.2) is 47.6 Å². The normalized spacial score (nSPS) is 10.8. The van der Waals surface area contributed by atoms with Crippen molar-refractivity contribution in [3.63, 3.8) is 0 Å². The Hall–Kier alpha value is -2.05. The second-order valence-electron chi connectivity index (χ2n) is 5.10. The fourth-order valence-corrected chi connectivity index (χ4v) is 3.34. The summed E-state index contributed by atoms with van der Waals surface area (Å²) in [6.07, 6.45) is 0. The molecule has 0 radical (unpaired) electrons. The van der Waals surface area contributed by atoms with Gasteiger partial charge in [0.05, 0.1) is 12.1 Å². The summed E-state index contributed by atoms with van der Waals surface area (Å²) in [5.41, 5.74) is 1.68. The van der Waals surface area contributed by atoms with Crippen molar-refractivity contribution >= 4 is 23.4 Å². The van der Waals surface area contributed by atoms with Gasteiger partial charge in [-0.1, -0.05) is 41.6 Å². The number of methoxy groups -OCH3 is 1. The first-order valence-electron chi connectivity index (χ1n) is 7.19. The molecule has 1 aromatic heterocycles. The van der Waals surface area contributed by atoms with E-state index in [1.807, 2.05) is 41.9 Å². The van der Waals surface area contributed by atoms with E-state index in [0.717, 1.165) is 16.3 Å². The van der Waals surface area contributed by atoms with Crippen LogP contribution in [0.2, 0.25) is 5.02 Å². The van der Waals surface area contributed by atoms with Crippen molar-refractivity contribution in [3.8, 4) is 17.1 Å². The maximum absolute atomic E-state index is 13.7. The molecule has 0 N–H and O–H groups in total. The molecule has 1 heterocycles. The molecule has 3 aromatic rings. The third kappa shape index (κ3) is 3.39. The number of thioether (sulfide) groups is 1. The highest BCUT2D eigenvalue weighted by atomic mass is 35.5. The predicted molar refractivity (Wildman–Crippen MR) is 94.0 cm³/mol. The molecular formula is C17H15ClFN3OS. The van der Waals surface area contributed by atoms with Crippen LogP contribution < -0.4 is 4.74 Å². The number of hydrogen-bond donors (Lipinski definition) is 0. The molecule has 3 rings (SSSR count). The number of hydrogen-bond acceptors (Lipinski definition) is 4. The van der Waals surface area contributed by atoms with Crippen LogP contribution in [0.25, 0.3) is 11.4 Å². The zero-order valence-corrected chi connectivity index (χ0v) is 14.7. The summed E-state index contributed by atoms with van der Waals surface area (Å²) in [6, 6.07) is 12.4. The molecule has 0 spiro atoms. The molecule has 24 heavy (non-hydrogen) atoms. The van der Waals surface area contributed by atoms with Gasteiger partial charge in [0.2, 0.25) is 0 Å². The van der Waals surface area contributed by atoms with Gasteiger partial charge in [0, 0.05) is 18.4 Å². The fourth-order valence-electron chi connectivity index (χ4n) is 2.27. The second-order valence-corrected chi connectivity index (χ2v) is 6.45. The number of rotatable bonds is 5. The molecule has 124 valence electrons. The average Bonchev–Trinajstić information content (AvgIpc) is 2.94. The Kier molecular flexibility index (Phi) is 5.06. The number of aromatic nitrogens is 3. The Bertz CT molecular complexity index is 869. The van der Waals surface area contributed by atoms with Crippen LogP contribution >= 0.6 is 23.4 Å². The van der Waals surface area contributed by atoms with Crippen molar-refractivity contribution in [2.45, 2.75) is 10.9 Å². The summed E-state index contributed by atoms with van der Waals surface area (Å²) in [5, 5.41) is 9.78. The Morgan fingerprint density at radius 2 is 2.00 bits per heavy atom. The lowest BCUT2D eigenvalue weighted by molar-refractivity contribution is 0.386. The predicted octanol–water partition coefficient (Wildman–Crippen LogP) is 4.58. The molecule has 2 aromatic carbocycles. The van der Waals surface area contributed by atoms with E-state index in [9.17, 15) is 4.39 Å². The second kappa shape index (κ2) is 7.23. The zero-order valence-electron chi connectivity index (χ0n) is 13.2. The van der Waals surface area contributed by atoms with Gasteiger partial charge in [0.1, 0.15) is 0 Å². The third-order valence-corrected chi connectivity index (χ3v) is 4.95. The van der Waals surface area contributed by atoms with Gasteiger partial charge in [-0.15, -0.1) is 10.2 Å². The molecule has 0 atom stereocenters. The highest BCUT2D eigenvalue weighted by molar-refractivity contribution is 7.98. The van der Waals surface area contributed by atoms with Crippen molar-refractivity contribution < 1.29 is 9.13 Å². The molecule has 0 saturated carbocycles. The van der Waals surface area contributed by atoms with Gasteiger partial charge >= 0.3 is 0 Å². The van der Waals surface area contributed by atoms with Gasteiger partial charge < -0.3 is 9.30 Å². The minimum absolute atomic E-state index is 0.239. The maximum atomic E-state index is 13.7. The fraction of sp³-hybridized carbons (Fsp3) is 0.176. The van der Waals surface area contributed by atoms with Gasteiger partial charge in [0.25, 0.3) is 0 Å². The molecule has 7 heteroatoms. The van der Waals surface area contributed by atoms with Crippen LogP contribution in [0, 0.1) is 5.82 Å². The van der Waals surface area contributed by atoms with Crippen LogP contribution in [0.5, 0.6) is 5.75 Å². The van der Waals surface area contributed by atoms with Crippen molar-refractivity contribution in [2.75, 3.05) is 7.11 Å². The Morgan fingerprint density at radius 3 is 2.71 bits per heavy atom. The summed E-state index contributed by atoms with van der Waals surface area (Å²) in [4.78, 5) is 0. The average molecular weight is 364 g/mol. The molecule has 0 aliphatic heterocycles. The van der Waals surface area contributed by atoms with Gasteiger partial charge in [-0.25, -0.2) is 4.39 Å². The van der Waals surface area contributed by atoms with Gasteiger partial charge in [0.15, 0.2) is 22.5 Å². The third-order valence-electron chi connectivity index (χ3n) is 3.53. The van der Waals surface area contributed by atoms with E-state index < -0.39 is 0 Å². The summed E-state index contributed by atoms with van der Waals surface area (Å²) >= 11 is 7.70. The van der Waals surface area contributed by atoms with Crippen LogP contribution in [-0.4, -0.2) is 21.9 Å². The van der Waals surface area contributed by atoms with Crippen molar-refractivity contribution in [1.29, 1.82) is 0 Å². The van der Waals surface area contributed by atoms with Crippen molar-refractivity contribution in [3.05, 3.63) is 58.9 Å². The van der Waals surface area contributed by atoms with Crippen LogP contribution in [-0.2, 0) is 12.8 Å². The number of benzene rings is 2. The van der Waals surface area contributed by atoms with Gasteiger partial charge in [-0.2, -0.15) is 0 Å². The summed E-state index contributed by atoms with van der Waals surface area (Å²) < 4.78 is 20.5. The van der Waals surface area contributed by atoms with E-state index in [0.29, 0.717) is 16.6 Å². The highest BCUT2D eigenvalue weighted by Crippen LogP contribution is 2.30. The first-order valence-corrected chi connectivity index (χ1v) is 8.56. The molecule has 0 saturated heterocycles. The topological polar surface area (TPSA) is 39.9 Å². The van der Waals surface area contributed by atoms with E-state index in [1.54, 1.807) is 6.07 Å². The lowest BCUT2D eigenvalue weighted by Crippen LogP contribution is -1.96. The van der Waals surface area contributed by atoms with E-state index in [1.165, 1.54) is 24.9 Å². The molecule has 0 unspecified atom stereocenters. The Balaban J connectivity index is 1.78. The van der Waals surface area contributed by atoms with E-state index >= 15 is 0 Å². The molecule has 0 amide bonds. The Morgan fingerprint density at radius 1 is 1.21 bits per heavy atom. The number of ether oxygens (including phenoxy) is 1. The number of nitrogens with zero attached hydrogens (tertiary/aromatic N) is 3. The van der Waals surface area contributed by atoms with E-state index in [4.69, 9.17) is 16.3 Å². The molecule has 0 fully saturated rings. The SMILES string of the molecule is COc1ccc(CSc2nnc(-c3ccccc3Cl)n2C)cc1F. The Labute approximate surface area is 148 Å². The minimum atomic E-state index is -0.370. The summed E-state index contributed by atoms with van der Waals surface area (Å²) in [6.45, 7) is 0. The van der Waals surface area contributed by atoms with Crippen molar-refractivity contribution in [2.24, 2.45) is 7.05 Å². The number of halogens is 2. The molecule has 0 aliphatic carbocycles. The summed E-state index contributed by atoms with van der Waals surface area (Å²) in [5.74, 6) is 1.15. The zero-order chi connectivity index (χ0) is 17.1. The maximum Gasteiger partial charge on any atom is 0.191 e. The molecule has 0 aliphatic rings. The lowest BCUT2D eigenvalue weighted by atomic mass is 10.2. The van der Waals surface area contributed by atoms with E-state index in [-0.39, 0.29) is 11.6 Å². The minimum Gasteiger partial charge on any atom is -0.494 e. The van der Waals surface area contributed by atoms with Crippen LogP contribution in [0.4, 0.5) is 4.39 Å². The standard InChI is InChI=1S/C17H15ClFN3OS/c1-22-16(12-5-3-4-6-13(12)18)20-21-17(22)24-10-11-7-8-15(23-2)14(19)9-11/h3-9H,10H2,1-2H3. The van der Waals surface area contributed by atoms with Crippen molar-refractivity contribution in [1.82, 2.24) is 14.8 Å². The lowest BCUT2D eigenvalue weighted by Gasteiger charge is -2.06. The first-order chi connectivity index (χ1) is 11.6. The smallest absolute Gasteiger partial charge is 0.191 e. The van der Waals surface area contributed by atoms with Gasteiger partial charge in [-0.05, 0) is 29.8 Å².